The molecule has 0 atom stereocenters. The Labute approximate surface area is 148 Å². The summed E-state index contributed by atoms with van der Waals surface area (Å²) in [6, 6.07) is 15.1. The van der Waals surface area contributed by atoms with E-state index in [4.69, 9.17) is 0 Å². The topological polar surface area (TPSA) is 58.4 Å². The second kappa shape index (κ2) is 6.88. The molecule has 0 aliphatic carbocycles. The second-order valence-corrected chi connectivity index (χ2v) is 6.32. The highest BCUT2D eigenvalue weighted by atomic mass is 79.9. The Balaban J connectivity index is 1.71. The number of aryl methyl sites for hydroxylation is 1. The molecule has 0 radical (unpaired) electrons. The lowest BCUT2D eigenvalue weighted by Gasteiger charge is -2.04. The predicted octanol–water partition coefficient (Wildman–Crippen LogP) is 4.40. The van der Waals surface area contributed by atoms with Gasteiger partial charge in [-0.1, -0.05) is 34.1 Å². The van der Waals surface area contributed by atoms with Crippen LogP contribution < -0.4 is 10.7 Å². The highest BCUT2D eigenvalue weighted by molar-refractivity contribution is 9.10. The number of hydrogen-bond donors (Lipinski definition) is 2. The van der Waals surface area contributed by atoms with Gasteiger partial charge in [0.1, 0.15) is 0 Å². The average molecular weight is 385 g/mol. The van der Waals surface area contributed by atoms with Crippen molar-refractivity contribution < 1.29 is 4.79 Å². The van der Waals surface area contributed by atoms with Gasteiger partial charge in [-0.3, -0.25) is 0 Å². The van der Waals surface area contributed by atoms with Crippen LogP contribution in [0.5, 0.6) is 0 Å². The van der Waals surface area contributed by atoms with E-state index in [0.29, 0.717) is 5.69 Å². The molecule has 0 fully saturated rings. The number of urea groups is 1. The first-order valence-electron chi connectivity index (χ1n) is 7.46. The Kier molecular flexibility index (Phi) is 4.66. The summed E-state index contributed by atoms with van der Waals surface area (Å²) in [6.45, 7) is 2.03. The van der Waals surface area contributed by atoms with Crippen LogP contribution in [0.15, 0.2) is 58.1 Å². The normalized spacial score (nSPS) is 11.1. The first-order chi connectivity index (χ1) is 11.6. The van der Waals surface area contributed by atoms with Gasteiger partial charge in [0.15, 0.2) is 0 Å². The number of nitrogens with one attached hydrogen (secondary N) is 2. The maximum Gasteiger partial charge on any atom is 0.339 e. The van der Waals surface area contributed by atoms with E-state index in [1.54, 1.807) is 6.21 Å². The molecule has 0 saturated heterocycles. The van der Waals surface area contributed by atoms with Gasteiger partial charge in [0.25, 0.3) is 0 Å². The lowest BCUT2D eigenvalue weighted by Crippen LogP contribution is -2.24. The van der Waals surface area contributed by atoms with Gasteiger partial charge in [0.2, 0.25) is 0 Å². The Hall–Kier alpha value is -2.60. The zero-order chi connectivity index (χ0) is 17.1. The molecule has 1 heterocycles. The van der Waals surface area contributed by atoms with Crippen molar-refractivity contribution in [2.24, 2.45) is 12.1 Å². The molecule has 2 amide bonds. The first kappa shape index (κ1) is 16.3. The molecule has 0 saturated carbocycles. The van der Waals surface area contributed by atoms with Crippen LogP contribution >= 0.6 is 15.9 Å². The largest absolute Gasteiger partial charge is 0.347 e. The Morgan fingerprint density at radius 3 is 2.62 bits per heavy atom. The van der Waals surface area contributed by atoms with Crippen LogP contribution in [0.1, 0.15) is 11.3 Å². The summed E-state index contributed by atoms with van der Waals surface area (Å²) in [5.41, 5.74) is 6.42. The number of hydrogen-bond acceptors (Lipinski definition) is 2. The van der Waals surface area contributed by atoms with Gasteiger partial charge < -0.3 is 9.88 Å². The summed E-state index contributed by atoms with van der Waals surface area (Å²) in [6.07, 6.45) is 1.68. The molecule has 122 valence electrons. The van der Waals surface area contributed by atoms with Gasteiger partial charge in [0.05, 0.1) is 6.21 Å². The van der Waals surface area contributed by atoms with Crippen molar-refractivity contribution in [2.45, 2.75) is 6.92 Å². The molecule has 0 aliphatic rings. The molecular weight excluding hydrogens is 368 g/mol. The number of para-hydroxylation sites is 1. The minimum Gasteiger partial charge on any atom is -0.347 e. The summed E-state index contributed by atoms with van der Waals surface area (Å²) >= 11 is 3.35. The second-order valence-electron chi connectivity index (χ2n) is 5.41. The van der Waals surface area contributed by atoms with E-state index in [1.165, 1.54) is 0 Å². The number of amides is 2. The molecule has 24 heavy (non-hydrogen) atoms. The number of aromatic nitrogens is 1. The molecule has 1 aromatic heterocycles. The monoisotopic (exact) mass is 384 g/mol. The molecule has 2 aromatic carbocycles. The number of carbonyl (C=O) groups excluding carboxylic acids is 1. The number of halogens is 1. The van der Waals surface area contributed by atoms with Crippen LogP contribution in [0.2, 0.25) is 0 Å². The fourth-order valence-electron chi connectivity index (χ4n) is 2.56. The summed E-state index contributed by atoms with van der Waals surface area (Å²) in [5, 5.41) is 7.90. The summed E-state index contributed by atoms with van der Waals surface area (Å²) in [4.78, 5) is 11.9. The number of anilines is 1. The van der Waals surface area contributed by atoms with Gasteiger partial charge in [-0.2, -0.15) is 5.10 Å². The molecule has 0 aliphatic heterocycles. The molecule has 6 heteroatoms. The van der Waals surface area contributed by atoms with Gasteiger partial charge >= 0.3 is 6.03 Å². The summed E-state index contributed by atoms with van der Waals surface area (Å²) < 4.78 is 3.07. The first-order valence-corrected chi connectivity index (χ1v) is 8.25. The SMILES string of the molecule is Cc1c(/C=N\NC(=O)Nc2ccc(Br)cc2)c2ccccc2n1C. The lowest BCUT2D eigenvalue weighted by atomic mass is 10.1. The molecule has 0 bridgehead atoms. The van der Waals surface area contributed by atoms with E-state index >= 15 is 0 Å². The highest BCUT2D eigenvalue weighted by Gasteiger charge is 2.09. The van der Waals surface area contributed by atoms with Crippen molar-refractivity contribution in [3.63, 3.8) is 0 Å². The van der Waals surface area contributed by atoms with Crippen molar-refractivity contribution >= 4 is 44.8 Å². The Bertz CT molecular complexity index is 913. The third-order valence-electron chi connectivity index (χ3n) is 3.91. The van der Waals surface area contributed by atoms with Crippen LogP contribution in [-0.4, -0.2) is 16.8 Å². The number of benzene rings is 2. The van der Waals surface area contributed by atoms with Crippen LogP contribution in [0.3, 0.4) is 0 Å². The molecule has 3 rings (SSSR count). The molecule has 0 spiro atoms. The molecule has 0 unspecified atom stereocenters. The average Bonchev–Trinajstić information content (AvgIpc) is 2.82. The van der Waals surface area contributed by atoms with Crippen molar-refractivity contribution in [1.29, 1.82) is 0 Å². The number of rotatable bonds is 3. The number of fused-ring (bicyclic) bond motifs is 1. The summed E-state index contributed by atoms with van der Waals surface area (Å²) in [7, 11) is 2.02. The van der Waals surface area contributed by atoms with Crippen molar-refractivity contribution in [3.05, 3.63) is 64.3 Å². The highest BCUT2D eigenvalue weighted by Crippen LogP contribution is 2.23. The fraction of sp³-hybridized carbons (Fsp3) is 0.111. The van der Waals surface area contributed by atoms with Crippen molar-refractivity contribution in [3.8, 4) is 0 Å². The maximum atomic E-state index is 11.9. The molecular formula is C18H17BrN4O. The number of nitrogens with zero attached hydrogens (tertiary/aromatic N) is 2. The van der Waals surface area contributed by atoms with Gasteiger partial charge in [-0.25, -0.2) is 10.2 Å². The number of hydrazone groups is 1. The van der Waals surface area contributed by atoms with Crippen LogP contribution in [-0.2, 0) is 7.05 Å². The fourth-order valence-corrected chi connectivity index (χ4v) is 2.83. The van der Waals surface area contributed by atoms with Crippen LogP contribution in [0.4, 0.5) is 10.5 Å². The Morgan fingerprint density at radius 1 is 1.17 bits per heavy atom. The van der Waals surface area contributed by atoms with Crippen molar-refractivity contribution in [1.82, 2.24) is 9.99 Å². The third kappa shape index (κ3) is 3.33. The molecule has 3 aromatic rings. The van der Waals surface area contributed by atoms with E-state index in [1.807, 2.05) is 56.4 Å². The predicted molar refractivity (Wildman–Crippen MR) is 102 cm³/mol. The van der Waals surface area contributed by atoms with Crippen molar-refractivity contribution in [2.75, 3.05) is 5.32 Å². The van der Waals surface area contributed by atoms with Gasteiger partial charge in [-0.05, 0) is 37.3 Å². The maximum absolute atomic E-state index is 11.9. The standard InChI is InChI=1S/C18H17BrN4O/c1-12-16(15-5-3-4-6-17(15)23(12)2)11-20-22-18(24)21-14-9-7-13(19)8-10-14/h3-11H,1-2H3,(H2,21,22,24)/b20-11-. The van der Waals surface area contributed by atoms with Gasteiger partial charge in [0, 0.05) is 39.4 Å². The van der Waals surface area contributed by atoms with E-state index in [-0.39, 0.29) is 6.03 Å². The summed E-state index contributed by atoms with van der Waals surface area (Å²) in [5.74, 6) is 0. The van der Waals surface area contributed by atoms with Crippen LogP contribution in [0.25, 0.3) is 10.9 Å². The number of carbonyl (C=O) groups is 1. The third-order valence-corrected chi connectivity index (χ3v) is 4.44. The minimum atomic E-state index is -0.383. The Morgan fingerprint density at radius 2 is 1.88 bits per heavy atom. The van der Waals surface area contributed by atoms with Gasteiger partial charge in [-0.15, -0.1) is 0 Å². The lowest BCUT2D eigenvalue weighted by molar-refractivity contribution is 0.252. The quantitative estimate of drug-likeness (QED) is 0.510. The molecule has 2 N–H and O–H groups in total. The van der Waals surface area contributed by atoms with E-state index in [2.05, 4.69) is 42.4 Å². The van der Waals surface area contributed by atoms with E-state index in [9.17, 15) is 4.79 Å². The van der Waals surface area contributed by atoms with E-state index in [0.717, 1.165) is 26.6 Å². The smallest absolute Gasteiger partial charge is 0.339 e. The van der Waals surface area contributed by atoms with E-state index < -0.39 is 0 Å². The minimum absolute atomic E-state index is 0.383. The molecule has 5 nitrogen and oxygen atoms in total. The zero-order valence-electron chi connectivity index (χ0n) is 13.4. The zero-order valence-corrected chi connectivity index (χ0v) is 15.0. The van der Waals surface area contributed by atoms with Crippen LogP contribution in [0, 0.1) is 6.92 Å².